The van der Waals surface area contributed by atoms with Crippen LogP contribution in [0.4, 0.5) is 4.39 Å². The predicted molar refractivity (Wildman–Crippen MR) is 71.8 cm³/mol. The highest BCUT2D eigenvalue weighted by molar-refractivity contribution is 5.95. The van der Waals surface area contributed by atoms with Crippen LogP contribution in [-0.4, -0.2) is 30.4 Å². The average Bonchev–Trinajstić information content (AvgIpc) is 2.93. The molecule has 1 aliphatic heterocycles. The number of nitrogens with zero attached hydrogens (tertiary/aromatic N) is 1. The zero-order valence-corrected chi connectivity index (χ0v) is 11.2. The van der Waals surface area contributed by atoms with Crippen LogP contribution < -0.4 is 5.73 Å². The molecule has 0 fully saturated rings. The molecule has 1 aliphatic rings. The summed E-state index contributed by atoms with van der Waals surface area (Å²) in [5.41, 5.74) is 4.49. The topological polar surface area (TPSA) is 73.9 Å². The van der Waals surface area contributed by atoms with E-state index in [1.807, 2.05) is 0 Å². The van der Waals surface area contributed by atoms with E-state index in [1.54, 1.807) is 37.3 Å². The lowest BCUT2D eigenvalue weighted by atomic mass is 9.88. The first-order valence-electron chi connectivity index (χ1n) is 6.44. The third-order valence-electron chi connectivity index (χ3n) is 3.16. The summed E-state index contributed by atoms with van der Waals surface area (Å²) in [4.78, 5) is 17.3. The predicted octanol–water partition coefficient (Wildman–Crippen LogP) is 1.73. The Kier molecular flexibility index (Phi) is 4.34. The Balaban J connectivity index is 2.31. The summed E-state index contributed by atoms with van der Waals surface area (Å²) in [5, 5.41) is 3.71. The number of rotatable bonds is 5. The molecular weight excluding hydrogens is 263 g/mol. The van der Waals surface area contributed by atoms with E-state index in [4.69, 9.17) is 15.3 Å². The summed E-state index contributed by atoms with van der Waals surface area (Å²) in [6.07, 6.45) is -1.67. The van der Waals surface area contributed by atoms with E-state index in [1.165, 1.54) is 0 Å². The highest BCUT2D eigenvalue weighted by Crippen LogP contribution is 2.40. The minimum atomic E-state index is -1.77. The monoisotopic (exact) mass is 280 g/mol. The standard InChI is InChI=1S/C14H17FN2O3/c1-2-19-13(18)14(8-11(9-16)17-20-14)12(15)10-6-4-3-5-7-10/h3-7,12H,2,8-9,16H2,1H3. The van der Waals surface area contributed by atoms with E-state index in [2.05, 4.69) is 5.16 Å². The lowest BCUT2D eigenvalue weighted by Gasteiger charge is -2.27. The molecule has 2 rings (SSSR count). The number of ether oxygens (including phenoxy) is 1. The maximum atomic E-state index is 14.8. The van der Waals surface area contributed by atoms with Gasteiger partial charge in [-0.1, -0.05) is 35.5 Å². The molecule has 5 nitrogen and oxygen atoms in total. The number of alkyl halides is 1. The van der Waals surface area contributed by atoms with Gasteiger partial charge in [0, 0.05) is 13.0 Å². The number of esters is 1. The van der Waals surface area contributed by atoms with Crippen LogP contribution in [0.5, 0.6) is 0 Å². The molecule has 20 heavy (non-hydrogen) atoms. The van der Waals surface area contributed by atoms with Crippen LogP contribution in [0.1, 0.15) is 25.1 Å². The highest BCUT2D eigenvalue weighted by atomic mass is 19.1. The van der Waals surface area contributed by atoms with Crippen molar-refractivity contribution >= 4 is 11.7 Å². The number of hydrogen-bond acceptors (Lipinski definition) is 5. The van der Waals surface area contributed by atoms with E-state index < -0.39 is 17.7 Å². The molecular formula is C14H17FN2O3. The first-order chi connectivity index (χ1) is 9.64. The normalized spacial score (nSPS) is 22.9. The molecule has 1 heterocycles. The van der Waals surface area contributed by atoms with Gasteiger partial charge in [0.15, 0.2) is 6.17 Å². The zero-order valence-electron chi connectivity index (χ0n) is 11.2. The van der Waals surface area contributed by atoms with Gasteiger partial charge in [0.05, 0.1) is 12.3 Å². The van der Waals surface area contributed by atoms with Crippen molar-refractivity contribution in [1.29, 1.82) is 0 Å². The number of halogens is 1. The summed E-state index contributed by atoms with van der Waals surface area (Å²) in [6, 6.07) is 8.34. The van der Waals surface area contributed by atoms with Gasteiger partial charge in [-0.2, -0.15) is 0 Å². The largest absolute Gasteiger partial charge is 0.463 e. The number of nitrogens with two attached hydrogens (primary N) is 1. The lowest BCUT2D eigenvalue weighted by molar-refractivity contribution is -0.178. The maximum absolute atomic E-state index is 14.8. The molecule has 0 spiro atoms. The molecule has 6 heteroatoms. The average molecular weight is 280 g/mol. The molecule has 2 atom stereocenters. The van der Waals surface area contributed by atoms with E-state index in [-0.39, 0.29) is 19.6 Å². The summed E-state index contributed by atoms with van der Waals surface area (Å²) in [6.45, 7) is 1.91. The van der Waals surface area contributed by atoms with Crippen molar-refractivity contribution in [3.05, 3.63) is 35.9 Å². The highest BCUT2D eigenvalue weighted by Gasteiger charge is 2.55. The Morgan fingerprint density at radius 2 is 2.25 bits per heavy atom. The van der Waals surface area contributed by atoms with Gasteiger partial charge in [0.25, 0.3) is 5.60 Å². The lowest BCUT2D eigenvalue weighted by Crippen LogP contribution is -2.45. The van der Waals surface area contributed by atoms with Gasteiger partial charge in [-0.05, 0) is 12.5 Å². The molecule has 0 saturated heterocycles. The second kappa shape index (κ2) is 6.00. The SMILES string of the molecule is CCOC(=O)C1(C(F)c2ccccc2)CC(CN)=NO1. The van der Waals surface area contributed by atoms with Crippen LogP contribution >= 0.6 is 0 Å². The fourth-order valence-electron chi connectivity index (χ4n) is 2.12. The van der Waals surface area contributed by atoms with Crippen LogP contribution in [0, 0.1) is 0 Å². The van der Waals surface area contributed by atoms with Gasteiger partial charge in [0.1, 0.15) is 0 Å². The van der Waals surface area contributed by atoms with Crippen LogP contribution in [0.2, 0.25) is 0 Å². The molecule has 0 aromatic heterocycles. The maximum Gasteiger partial charge on any atom is 0.357 e. The van der Waals surface area contributed by atoms with Gasteiger partial charge in [-0.15, -0.1) is 0 Å². The number of benzene rings is 1. The minimum absolute atomic E-state index is 0.00159. The molecule has 0 radical (unpaired) electrons. The number of carbonyl (C=O) groups excluding carboxylic acids is 1. The molecule has 0 aliphatic carbocycles. The Morgan fingerprint density at radius 1 is 1.55 bits per heavy atom. The second-order valence-corrected chi connectivity index (χ2v) is 4.51. The first-order valence-corrected chi connectivity index (χ1v) is 6.44. The first kappa shape index (κ1) is 14.5. The van der Waals surface area contributed by atoms with Crippen LogP contribution in [0.15, 0.2) is 35.5 Å². The number of oxime groups is 1. The molecule has 0 bridgehead atoms. The smallest absolute Gasteiger partial charge is 0.357 e. The van der Waals surface area contributed by atoms with Gasteiger partial charge >= 0.3 is 5.97 Å². The molecule has 2 unspecified atom stereocenters. The Labute approximate surface area is 116 Å². The molecule has 2 N–H and O–H groups in total. The van der Waals surface area contributed by atoms with Crippen molar-refractivity contribution in [3.8, 4) is 0 Å². The van der Waals surface area contributed by atoms with Gasteiger partial charge in [-0.3, -0.25) is 0 Å². The van der Waals surface area contributed by atoms with Crippen molar-refractivity contribution in [2.24, 2.45) is 10.9 Å². The van der Waals surface area contributed by atoms with Crippen molar-refractivity contribution < 1.29 is 18.8 Å². The summed E-state index contributed by atoms with van der Waals surface area (Å²) in [5.74, 6) is -0.761. The van der Waals surface area contributed by atoms with Crippen molar-refractivity contribution in [3.63, 3.8) is 0 Å². The molecule has 1 aromatic carbocycles. The number of hydrogen-bond donors (Lipinski definition) is 1. The summed E-state index contributed by atoms with van der Waals surface area (Å²) >= 11 is 0. The van der Waals surface area contributed by atoms with Crippen LogP contribution in [0.25, 0.3) is 0 Å². The van der Waals surface area contributed by atoms with Crippen molar-refractivity contribution in [2.75, 3.05) is 13.2 Å². The molecule has 0 amide bonds. The van der Waals surface area contributed by atoms with E-state index in [9.17, 15) is 9.18 Å². The fourth-order valence-corrected chi connectivity index (χ4v) is 2.12. The van der Waals surface area contributed by atoms with Crippen LogP contribution in [0.3, 0.4) is 0 Å². The molecule has 0 saturated carbocycles. The minimum Gasteiger partial charge on any atom is -0.463 e. The Morgan fingerprint density at radius 3 is 2.80 bits per heavy atom. The quantitative estimate of drug-likeness (QED) is 0.834. The zero-order chi connectivity index (χ0) is 14.6. The van der Waals surface area contributed by atoms with Crippen LogP contribution in [-0.2, 0) is 14.4 Å². The summed E-state index contributed by atoms with van der Waals surface area (Å²) < 4.78 is 19.8. The molecule has 108 valence electrons. The third kappa shape index (κ3) is 2.51. The second-order valence-electron chi connectivity index (χ2n) is 4.51. The van der Waals surface area contributed by atoms with Crippen molar-refractivity contribution in [1.82, 2.24) is 0 Å². The Bertz CT molecular complexity index is 506. The van der Waals surface area contributed by atoms with E-state index in [0.29, 0.717) is 11.3 Å². The fraction of sp³-hybridized carbons (Fsp3) is 0.429. The molecule has 1 aromatic rings. The van der Waals surface area contributed by atoms with Gasteiger partial charge < -0.3 is 15.3 Å². The van der Waals surface area contributed by atoms with Gasteiger partial charge in [-0.25, -0.2) is 9.18 Å². The number of carbonyl (C=O) groups is 1. The van der Waals surface area contributed by atoms with Crippen molar-refractivity contribution in [2.45, 2.75) is 25.1 Å². The van der Waals surface area contributed by atoms with E-state index >= 15 is 0 Å². The third-order valence-corrected chi connectivity index (χ3v) is 3.16. The van der Waals surface area contributed by atoms with E-state index in [0.717, 1.165) is 0 Å². The summed E-state index contributed by atoms with van der Waals surface area (Å²) in [7, 11) is 0. The van der Waals surface area contributed by atoms with Gasteiger partial charge in [0.2, 0.25) is 0 Å². The Hall–Kier alpha value is -1.95.